The molecule has 0 bridgehead atoms. The third-order valence-electron chi connectivity index (χ3n) is 2.39. The van der Waals surface area contributed by atoms with Gasteiger partial charge in [0, 0.05) is 10.2 Å². The first-order valence-corrected chi connectivity index (χ1v) is 7.90. The minimum absolute atomic E-state index is 0.191. The number of hydrogen-bond donors (Lipinski definition) is 1. The van der Waals surface area contributed by atoms with E-state index >= 15 is 0 Å². The third kappa shape index (κ3) is 4.33. The van der Waals surface area contributed by atoms with Crippen molar-refractivity contribution in [2.45, 2.75) is 5.75 Å². The molecule has 3 nitrogen and oxygen atoms in total. The summed E-state index contributed by atoms with van der Waals surface area (Å²) in [7, 11) is -3.50. The molecule has 0 fully saturated rings. The van der Waals surface area contributed by atoms with Crippen LogP contribution in [-0.4, -0.2) is 8.42 Å². The number of sulfonamides is 1. The molecule has 100 valence electrons. The van der Waals surface area contributed by atoms with E-state index in [0.717, 1.165) is 4.47 Å². The van der Waals surface area contributed by atoms with E-state index in [9.17, 15) is 12.8 Å². The number of halogens is 2. The van der Waals surface area contributed by atoms with Crippen molar-refractivity contribution < 1.29 is 12.8 Å². The van der Waals surface area contributed by atoms with Crippen LogP contribution in [-0.2, 0) is 15.8 Å². The van der Waals surface area contributed by atoms with Crippen molar-refractivity contribution in [1.29, 1.82) is 0 Å². The van der Waals surface area contributed by atoms with Crippen LogP contribution in [0, 0.1) is 5.82 Å². The summed E-state index contributed by atoms with van der Waals surface area (Å²) in [6.45, 7) is 0. The van der Waals surface area contributed by atoms with Crippen molar-refractivity contribution in [3.8, 4) is 0 Å². The molecule has 0 spiro atoms. The summed E-state index contributed by atoms with van der Waals surface area (Å²) in [5, 5.41) is 0. The van der Waals surface area contributed by atoms with Gasteiger partial charge >= 0.3 is 0 Å². The Morgan fingerprint density at radius 3 is 2.16 bits per heavy atom. The summed E-state index contributed by atoms with van der Waals surface area (Å²) in [6, 6.07) is 12.2. The van der Waals surface area contributed by atoms with Gasteiger partial charge < -0.3 is 0 Å². The lowest BCUT2D eigenvalue weighted by molar-refractivity contribution is 0.600. The molecule has 0 aliphatic carbocycles. The van der Waals surface area contributed by atoms with Crippen LogP contribution < -0.4 is 4.72 Å². The van der Waals surface area contributed by atoms with Crippen LogP contribution >= 0.6 is 15.9 Å². The predicted molar refractivity (Wildman–Crippen MR) is 76.8 cm³/mol. The molecule has 0 radical (unpaired) electrons. The molecule has 0 aromatic heterocycles. The van der Waals surface area contributed by atoms with Gasteiger partial charge in [0.25, 0.3) is 0 Å². The van der Waals surface area contributed by atoms with E-state index in [-0.39, 0.29) is 11.6 Å². The van der Waals surface area contributed by atoms with Crippen LogP contribution in [0.5, 0.6) is 0 Å². The first-order valence-electron chi connectivity index (χ1n) is 5.45. The summed E-state index contributed by atoms with van der Waals surface area (Å²) in [4.78, 5) is 0. The molecule has 1 N–H and O–H groups in total. The monoisotopic (exact) mass is 343 g/mol. The lowest BCUT2D eigenvalue weighted by Gasteiger charge is -2.08. The van der Waals surface area contributed by atoms with Gasteiger partial charge in [-0.15, -0.1) is 0 Å². The van der Waals surface area contributed by atoms with E-state index in [4.69, 9.17) is 0 Å². The second kappa shape index (κ2) is 5.71. The SMILES string of the molecule is O=S(=O)(Cc1ccc(F)cc1)Nc1ccc(Br)cc1. The second-order valence-corrected chi connectivity index (χ2v) is 6.63. The fourth-order valence-corrected chi connectivity index (χ4v) is 3.00. The molecule has 19 heavy (non-hydrogen) atoms. The lowest BCUT2D eigenvalue weighted by atomic mass is 10.2. The Balaban J connectivity index is 2.10. The Bertz CT molecular complexity index is 601. The van der Waals surface area contributed by atoms with Gasteiger partial charge in [-0.05, 0) is 42.0 Å². The molecule has 0 aliphatic heterocycles. The van der Waals surface area contributed by atoms with Crippen molar-refractivity contribution in [3.05, 3.63) is 64.4 Å². The smallest absolute Gasteiger partial charge is 0.236 e. The fourth-order valence-electron chi connectivity index (χ4n) is 1.53. The molecule has 0 aliphatic rings. The maximum absolute atomic E-state index is 12.7. The summed E-state index contributed by atoms with van der Waals surface area (Å²) in [5.41, 5.74) is 1.02. The zero-order chi connectivity index (χ0) is 13.9. The fraction of sp³-hybridized carbons (Fsp3) is 0.0769. The lowest BCUT2D eigenvalue weighted by Crippen LogP contribution is -2.14. The van der Waals surface area contributed by atoms with Gasteiger partial charge in [-0.1, -0.05) is 28.1 Å². The summed E-state index contributed by atoms with van der Waals surface area (Å²) < 4.78 is 39.9. The first-order chi connectivity index (χ1) is 8.94. The number of benzene rings is 2. The average Bonchev–Trinajstić information content (AvgIpc) is 2.34. The highest BCUT2D eigenvalue weighted by Gasteiger charge is 2.11. The van der Waals surface area contributed by atoms with Crippen LogP contribution in [0.3, 0.4) is 0 Å². The number of rotatable bonds is 4. The van der Waals surface area contributed by atoms with Crippen molar-refractivity contribution in [3.63, 3.8) is 0 Å². The van der Waals surface area contributed by atoms with Gasteiger partial charge in [0.2, 0.25) is 10.0 Å². The zero-order valence-electron chi connectivity index (χ0n) is 9.81. The van der Waals surface area contributed by atoms with E-state index in [0.29, 0.717) is 11.3 Å². The van der Waals surface area contributed by atoms with Crippen molar-refractivity contribution in [2.24, 2.45) is 0 Å². The normalized spacial score (nSPS) is 11.3. The van der Waals surface area contributed by atoms with Crippen molar-refractivity contribution in [2.75, 3.05) is 4.72 Å². The number of nitrogens with one attached hydrogen (secondary N) is 1. The van der Waals surface area contributed by atoms with Gasteiger partial charge in [0.15, 0.2) is 0 Å². The van der Waals surface area contributed by atoms with Crippen LogP contribution in [0.15, 0.2) is 53.0 Å². The van der Waals surface area contributed by atoms with Crippen molar-refractivity contribution >= 4 is 31.6 Å². The highest BCUT2D eigenvalue weighted by Crippen LogP contribution is 2.16. The molecule has 0 atom stereocenters. The Morgan fingerprint density at radius 1 is 1.00 bits per heavy atom. The molecule has 0 saturated heterocycles. The molecule has 0 heterocycles. The topological polar surface area (TPSA) is 46.2 Å². The van der Waals surface area contributed by atoms with E-state index in [1.54, 1.807) is 24.3 Å². The Kier molecular flexibility index (Phi) is 4.21. The summed E-state index contributed by atoms with van der Waals surface area (Å²) in [6.07, 6.45) is 0. The summed E-state index contributed by atoms with van der Waals surface area (Å²) >= 11 is 3.27. The quantitative estimate of drug-likeness (QED) is 0.922. The van der Waals surface area contributed by atoms with Gasteiger partial charge in [0.05, 0.1) is 5.75 Å². The highest BCUT2D eigenvalue weighted by atomic mass is 79.9. The summed E-state index contributed by atoms with van der Waals surface area (Å²) in [5.74, 6) is -0.578. The van der Waals surface area contributed by atoms with E-state index < -0.39 is 10.0 Å². The first kappa shape index (κ1) is 14.0. The van der Waals surface area contributed by atoms with E-state index in [2.05, 4.69) is 20.7 Å². The maximum atomic E-state index is 12.7. The molecule has 0 saturated carbocycles. The molecule has 2 aromatic rings. The van der Waals surface area contributed by atoms with Gasteiger partial charge in [0.1, 0.15) is 5.82 Å². The Morgan fingerprint density at radius 2 is 1.58 bits per heavy atom. The number of anilines is 1. The number of hydrogen-bond acceptors (Lipinski definition) is 2. The largest absolute Gasteiger partial charge is 0.283 e. The van der Waals surface area contributed by atoms with Crippen LogP contribution in [0.2, 0.25) is 0 Å². The zero-order valence-corrected chi connectivity index (χ0v) is 12.2. The van der Waals surface area contributed by atoms with Crippen molar-refractivity contribution in [1.82, 2.24) is 0 Å². The molecule has 2 rings (SSSR count). The second-order valence-electron chi connectivity index (χ2n) is 3.99. The molecule has 0 unspecified atom stereocenters. The molecule has 0 amide bonds. The van der Waals surface area contributed by atoms with E-state index in [1.165, 1.54) is 24.3 Å². The Labute approximate surface area is 119 Å². The third-order valence-corrected chi connectivity index (χ3v) is 4.18. The molecular formula is C13H11BrFNO2S. The Hall–Kier alpha value is -1.40. The van der Waals surface area contributed by atoms with Crippen LogP contribution in [0.4, 0.5) is 10.1 Å². The van der Waals surface area contributed by atoms with Gasteiger partial charge in [-0.2, -0.15) is 0 Å². The molecule has 6 heteroatoms. The van der Waals surface area contributed by atoms with Gasteiger partial charge in [-0.3, -0.25) is 4.72 Å². The predicted octanol–water partition coefficient (Wildman–Crippen LogP) is 3.53. The van der Waals surface area contributed by atoms with E-state index in [1.807, 2.05) is 0 Å². The minimum atomic E-state index is -3.50. The molecule has 2 aromatic carbocycles. The maximum Gasteiger partial charge on any atom is 0.236 e. The standard InChI is InChI=1S/C13H11BrFNO2S/c14-11-3-7-13(8-4-11)16-19(17,18)9-10-1-5-12(15)6-2-10/h1-8,16H,9H2. The van der Waals surface area contributed by atoms with Crippen LogP contribution in [0.1, 0.15) is 5.56 Å². The van der Waals surface area contributed by atoms with Crippen LogP contribution in [0.25, 0.3) is 0 Å². The van der Waals surface area contributed by atoms with Gasteiger partial charge in [-0.25, -0.2) is 12.8 Å². The highest BCUT2D eigenvalue weighted by molar-refractivity contribution is 9.10. The molecular weight excluding hydrogens is 333 g/mol. The minimum Gasteiger partial charge on any atom is -0.283 e. The average molecular weight is 344 g/mol.